The van der Waals surface area contributed by atoms with Crippen LogP contribution >= 0.6 is 0 Å². The number of rotatable bonds is 7. The molecule has 22 heavy (non-hydrogen) atoms. The van der Waals surface area contributed by atoms with Gasteiger partial charge in [0.2, 0.25) is 0 Å². The molecule has 4 heteroatoms. The van der Waals surface area contributed by atoms with Crippen LogP contribution in [0.5, 0.6) is 5.75 Å². The van der Waals surface area contributed by atoms with E-state index in [4.69, 9.17) is 4.74 Å². The summed E-state index contributed by atoms with van der Waals surface area (Å²) in [7, 11) is 0. The Morgan fingerprint density at radius 3 is 2.59 bits per heavy atom. The lowest BCUT2D eigenvalue weighted by atomic mass is 9.96. The van der Waals surface area contributed by atoms with Crippen LogP contribution in [0.2, 0.25) is 0 Å². The first-order valence-corrected chi connectivity index (χ1v) is 7.42. The smallest absolute Gasteiger partial charge is 0.123 e. The van der Waals surface area contributed by atoms with Gasteiger partial charge >= 0.3 is 0 Å². The van der Waals surface area contributed by atoms with Crippen molar-refractivity contribution in [3.8, 4) is 5.75 Å². The number of nitrogens with one attached hydrogen (secondary N) is 1. The number of ether oxygens (including phenoxy) is 1. The molecule has 0 aromatic heterocycles. The largest absolute Gasteiger partial charge is 0.494 e. The van der Waals surface area contributed by atoms with Crippen molar-refractivity contribution in [1.82, 2.24) is 5.32 Å². The van der Waals surface area contributed by atoms with Gasteiger partial charge in [-0.2, -0.15) is 0 Å². The third kappa shape index (κ3) is 4.55. The van der Waals surface area contributed by atoms with Crippen molar-refractivity contribution in [3.05, 3.63) is 65.5 Å². The van der Waals surface area contributed by atoms with Gasteiger partial charge in [-0.3, -0.25) is 0 Å². The normalized spacial score (nSPS) is 13.6. The summed E-state index contributed by atoms with van der Waals surface area (Å²) < 4.78 is 18.4. The van der Waals surface area contributed by atoms with Crippen LogP contribution in [-0.4, -0.2) is 18.3 Å². The van der Waals surface area contributed by atoms with E-state index in [0.29, 0.717) is 25.3 Å². The summed E-state index contributed by atoms with van der Waals surface area (Å²) in [6, 6.07) is 13.8. The number of hydrogen-bond acceptors (Lipinski definition) is 3. The monoisotopic (exact) mass is 303 g/mol. The lowest BCUT2D eigenvalue weighted by Gasteiger charge is -2.24. The minimum Gasteiger partial charge on any atom is -0.494 e. The summed E-state index contributed by atoms with van der Waals surface area (Å²) in [5, 5.41) is 13.7. The molecule has 2 aromatic rings. The van der Waals surface area contributed by atoms with Crippen LogP contribution in [0, 0.1) is 5.82 Å². The maximum Gasteiger partial charge on any atom is 0.123 e. The first kappa shape index (κ1) is 16.5. The highest BCUT2D eigenvalue weighted by Gasteiger charge is 2.22. The lowest BCUT2D eigenvalue weighted by molar-refractivity contribution is 0.0566. The molecule has 2 rings (SSSR count). The summed E-state index contributed by atoms with van der Waals surface area (Å²) in [4.78, 5) is 0. The summed E-state index contributed by atoms with van der Waals surface area (Å²) in [6.07, 6.45) is 0. The zero-order valence-corrected chi connectivity index (χ0v) is 13.0. The lowest BCUT2D eigenvalue weighted by Crippen LogP contribution is -2.35. The van der Waals surface area contributed by atoms with E-state index in [1.165, 1.54) is 12.1 Å². The second-order valence-corrected chi connectivity index (χ2v) is 5.46. The van der Waals surface area contributed by atoms with Crippen molar-refractivity contribution in [2.24, 2.45) is 0 Å². The molecule has 0 amide bonds. The van der Waals surface area contributed by atoms with E-state index in [1.54, 1.807) is 19.1 Å². The first-order valence-electron chi connectivity index (χ1n) is 7.42. The third-order valence-corrected chi connectivity index (χ3v) is 3.47. The van der Waals surface area contributed by atoms with E-state index in [-0.39, 0.29) is 5.82 Å². The zero-order valence-electron chi connectivity index (χ0n) is 13.0. The van der Waals surface area contributed by atoms with Crippen molar-refractivity contribution in [2.45, 2.75) is 26.0 Å². The number of aliphatic hydroxyl groups is 1. The predicted molar refractivity (Wildman–Crippen MR) is 85.3 cm³/mol. The molecule has 2 aromatic carbocycles. The maximum atomic E-state index is 12.9. The van der Waals surface area contributed by atoms with Gasteiger partial charge in [-0.25, -0.2) is 4.39 Å². The third-order valence-electron chi connectivity index (χ3n) is 3.47. The fourth-order valence-electron chi connectivity index (χ4n) is 2.27. The van der Waals surface area contributed by atoms with Gasteiger partial charge in [-0.05, 0) is 49.2 Å². The highest BCUT2D eigenvalue weighted by atomic mass is 19.1. The molecular weight excluding hydrogens is 281 g/mol. The quantitative estimate of drug-likeness (QED) is 0.825. The molecule has 1 unspecified atom stereocenters. The van der Waals surface area contributed by atoms with Gasteiger partial charge in [0.05, 0.1) is 12.2 Å². The molecule has 0 spiro atoms. The van der Waals surface area contributed by atoms with Crippen LogP contribution in [0.25, 0.3) is 0 Å². The first-order chi connectivity index (χ1) is 10.5. The van der Waals surface area contributed by atoms with Crippen LogP contribution in [0.15, 0.2) is 48.5 Å². The summed E-state index contributed by atoms with van der Waals surface area (Å²) in [6.45, 7) is 5.29. The Bertz CT molecular complexity index is 596. The Labute approximate surface area is 130 Å². The van der Waals surface area contributed by atoms with Crippen LogP contribution in [0.3, 0.4) is 0 Å². The molecule has 0 heterocycles. The molecule has 0 aliphatic heterocycles. The van der Waals surface area contributed by atoms with Gasteiger partial charge in [-0.1, -0.05) is 24.3 Å². The Kier molecular flexibility index (Phi) is 5.52. The number of halogens is 1. The predicted octanol–water partition coefficient (Wildman–Crippen LogP) is 3.22. The highest BCUT2D eigenvalue weighted by Crippen LogP contribution is 2.20. The fourth-order valence-corrected chi connectivity index (χ4v) is 2.27. The summed E-state index contributed by atoms with van der Waals surface area (Å²) in [5.74, 6) is 0.535. The summed E-state index contributed by atoms with van der Waals surface area (Å²) >= 11 is 0. The SMILES string of the molecule is CCOc1cccc(CNCC(C)(O)c2ccc(F)cc2)c1. The molecular formula is C18H22FNO2. The van der Waals surface area contributed by atoms with Gasteiger partial charge < -0.3 is 15.2 Å². The number of benzene rings is 2. The molecule has 0 fully saturated rings. The Morgan fingerprint density at radius 1 is 1.18 bits per heavy atom. The average molecular weight is 303 g/mol. The van der Waals surface area contributed by atoms with E-state index < -0.39 is 5.60 Å². The molecule has 0 bridgehead atoms. The van der Waals surface area contributed by atoms with Crippen LogP contribution in [0.1, 0.15) is 25.0 Å². The van der Waals surface area contributed by atoms with Crippen LogP contribution in [-0.2, 0) is 12.1 Å². The Balaban J connectivity index is 1.92. The second-order valence-electron chi connectivity index (χ2n) is 5.46. The highest BCUT2D eigenvalue weighted by molar-refractivity contribution is 5.28. The molecule has 1 atom stereocenters. The summed E-state index contributed by atoms with van der Waals surface area (Å²) in [5.41, 5.74) is 0.718. The van der Waals surface area contributed by atoms with Crippen molar-refractivity contribution < 1.29 is 14.2 Å². The van der Waals surface area contributed by atoms with Crippen molar-refractivity contribution in [1.29, 1.82) is 0 Å². The molecule has 0 saturated carbocycles. The molecule has 0 saturated heterocycles. The molecule has 3 nitrogen and oxygen atoms in total. The van der Waals surface area contributed by atoms with Gasteiger partial charge in [0.1, 0.15) is 11.6 Å². The maximum absolute atomic E-state index is 12.9. The average Bonchev–Trinajstić information content (AvgIpc) is 2.48. The van der Waals surface area contributed by atoms with E-state index in [2.05, 4.69) is 5.32 Å². The minimum atomic E-state index is -1.05. The van der Waals surface area contributed by atoms with E-state index >= 15 is 0 Å². The van der Waals surface area contributed by atoms with Crippen molar-refractivity contribution >= 4 is 0 Å². The van der Waals surface area contributed by atoms with Crippen LogP contribution in [0.4, 0.5) is 4.39 Å². The second kappa shape index (κ2) is 7.38. The number of hydrogen-bond donors (Lipinski definition) is 2. The molecule has 0 radical (unpaired) electrons. The van der Waals surface area contributed by atoms with E-state index in [1.807, 2.05) is 31.2 Å². The van der Waals surface area contributed by atoms with Gasteiger partial charge in [-0.15, -0.1) is 0 Å². The Morgan fingerprint density at radius 2 is 1.91 bits per heavy atom. The van der Waals surface area contributed by atoms with Gasteiger partial charge in [0, 0.05) is 13.1 Å². The van der Waals surface area contributed by atoms with E-state index in [9.17, 15) is 9.50 Å². The van der Waals surface area contributed by atoms with Crippen molar-refractivity contribution in [3.63, 3.8) is 0 Å². The molecule has 118 valence electrons. The fraction of sp³-hybridized carbons (Fsp3) is 0.333. The standard InChI is InChI=1S/C18H22FNO2/c1-3-22-17-6-4-5-14(11-17)12-20-13-18(2,21)15-7-9-16(19)10-8-15/h4-11,20-21H,3,12-13H2,1-2H3. The van der Waals surface area contributed by atoms with E-state index in [0.717, 1.165) is 11.3 Å². The topological polar surface area (TPSA) is 41.5 Å². The minimum absolute atomic E-state index is 0.305. The molecule has 0 aliphatic carbocycles. The zero-order chi connectivity index (χ0) is 16.0. The van der Waals surface area contributed by atoms with Gasteiger partial charge in [0.15, 0.2) is 0 Å². The van der Waals surface area contributed by atoms with Gasteiger partial charge in [0.25, 0.3) is 0 Å². The Hall–Kier alpha value is -1.91. The van der Waals surface area contributed by atoms with Crippen molar-refractivity contribution in [2.75, 3.05) is 13.2 Å². The van der Waals surface area contributed by atoms with Crippen LogP contribution < -0.4 is 10.1 Å². The molecule has 2 N–H and O–H groups in total. The molecule has 0 aliphatic rings.